The fourth-order valence-electron chi connectivity index (χ4n) is 1.67. The Bertz CT molecular complexity index is 629. The Balaban J connectivity index is 1.94. The fraction of sp³-hybridized carbons (Fsp3) is 0.133. The molecule has 0 heterocycles. The highest BCUT2D eigenvalue weighted by molar-refractivity contribution is 9.10. The van der Waals surface area contributed by atoms with Crippen LogP contribution in [0, 0.1) is 6.92 Å². The molecule has 2 aromatic carbocycles. The summed E-state index contributed by atoms with van der Waals surface area (Å²) in [7, 11) is 0. The first-order valence-corrected chi connectivity index (χ1v) is 6.88. The molecule has 3 N–H and O–H groups in total. The summed E-state index contributed by atoms with van der Waals surface area (Å²) >= 11 is 3.35. The number of rotatable bonds is 4. The first kappa shape index (κ1) is 14.4. The summed E-state index contributed by atoms with van der Waals surface area (Å²) in [4.78, 5) is 11.8. The SMILES string of the molecule is Cc1ccc(N)cc1NC(=O)COc1cccc(Br)c1. The number of carbonyl (C=O) groups is 1. The molecule has 0 bridgehead atoms. The van der Waals surface area contributed by atoms with Crippen molar-refractivity contribution in [2.75, 3.05) is 17.7 Å². The molecule has 0 fully saturated rings. The minimum Gasteiger partial charge on any atom is -0.484 e. The van der Waals surface area contributed by atoms with Crippen LogP contribution in [0.4, 0.5) is 11.4 Å². The van der Waals surface area contributed by atoms with E-state index in [4.69, 9.17) is 10.5 Å². The van der Waals surface area contributed by atoms with Crippen LogP contribution in [0.25, 0.3) is 0 Å². The molecular weight excluding hydrogens is 320 g/mol. The van der Waals surface area contributed by atoms with E-state index in [1.807, 2.05) is 25.1 Å². The summed E-state index contributed by atoms with van der Waals surface area (Å²) in [6.07, 6.45) is 0. The van der Waals surface area contributed by atoms with Crippen molar-refractivity contribution in [2.45, 2.75) is 6.92 Å². The average Bonchev–Trinajstić information content (AvgIpc) is 2.41. The highest BCUT2D eigenvalue weighted by Gasteiger charge is 2.06. The molecule has 5 heteroatoms. The first-order chi connectivity index (χ1) is 9.54. The molecule has 0 radical (unpaired) electrons. The van der Waals surface area contributed by atoms with Crippen LogP contribution in [-0.4, -0.2) is 12.5 Å². The summed E-state index contributed by atoms with van der Waals surface area (Å²) in [6.45, 7) is 1.86. The largest absolute Gasteiger partial charge is 0.484 e. The molecule has 0 aromatic heterocycles. The highest BCUT2D eigenvalue weighted by atomic mass is 79.9. The number of ether oxygens (including phenoxy) is 1. The lowest BCUT2D eigenvalue weighted by Gasteiger charge is -2.10. The molecular formula is C15H15BrN2O2. The smallest absolute Gasteiger partial charge is 0.262 e. The summed E-state index contributed by atoms with van der Waals surface area (Å²) < 4.78 is 6.32. The van der Waals surface area contributed by atoms with Gasteiger partial charge in [0, 0.05) is 15.8 Å². The molecule has 4 nitrogen and oxygen atoms in total. The third-order valence-electron chi connectivity index (χ3n) is 2.70. The zero-order chi connectivity index (χ0) is 14.5. The number of aryl methyl sites for hydroxylation is 1. The van der Waals surface area contributed by atoms with Gasteiger partial charge in [-0.2, -0.15) is 0 Å². The standard InChI is InChI=1S/C15H15BrN2O2/c1-10-5-6-12(17)8-14(10)18-15(19)9-20-13-4-2-3-11(16)7-13/h2-8H,9,17H2,1H3,(H,18,19). The molecule has 0 aliphatic rings. The normalized spacial score (nSPS) is 10.1. The zero-order valence-corrected chi connectivity index (χ0v) is 12.6. The van der Waals surface area contributed by atoms with Crippen molar-refractivity contribution in [1.82, 2.24) is 0 Å². The van der Waals surface area contributed by atoms with E-state index in [1.54, 1.807) is 24.3 Å². The number of amides is 1. The number of nitrogens with one attached hydrogen (secondary N) is 1. The molecule has 0 unspecified atom stereocenters. The Morgan fingerprint density at radius 2 is 2.10 bits per heavy atom. The van der Waals surface area contributed by atoms with Crippen LogP contribution < -0.4 is 15.8 Å². The molecule has 0 aliphatic carbocycles. The summed E-state index contributed by atoms with van der Waals surface area (Å²) in [5, 5.41) is 2.78. The van der Waals surface area contributed by atoms with E-state index in [-0.39, 0.29) is 12.5 Å². The third-order valence-corrected chi connectivity index (χ3v) is 3.19. The number of hydrogen-bond acceptors (Lipinski definition) is 3. The number of anilines is 2. The second-order valence-electron chi connectivity index (χ2n) is 4.37. The van der Waals surface area contributed by atoms with E-state index in [0.717, 1.165) is 10.0 Å². The summed E-state index contributed by atoms with van der Waals surface area (Å²) in [6, 6.07) is 12.7. The number of nitrogens with two attached hydrogens (primary N) is 1. The Morgan fingerprint density at radius 1 is 1.30 bits per heavy atom. The van der Waals surface area contributed by atoms with Crippen molar-refractivity contribution in [3.8, 4) is 5.75 Å². The average molecular weight is 335 g/mol. The van der Waals surface area contributed by atoms with Crippen molar-refractivity contribution in [3.05, 3.63) is 52.5 Å². The van der Waals surface area contributed by atoms with Crippen molar-refractivity contribution in [1.29, 1.82) is 0 Å². The first-order valence-electron chi connectivity index (χ1n) is 6.09. The quantitative estimate of drug-likeness (QED) is 0.842. The maximum Gasteiger partial charge on any atom is 0.262 e. The fourth-order valence-corrected chi connectivity index (χ4v) is 2.04. The second-order valence-corrected chi connectivity index (χ2v) is 5.28. The predicted molar refractivity (Wildman–Crippen MR) is 83.9 cm³/mol. The van der Waals surface area contributed by atoms with E-state index < -0.39 is 0 Å². The van der Waals surface area contributed by atoms with Crippen molar-refractivity contribution in [3.63, 3.8) is 0 Å². The number of carbonyl (C=O) groups excluding carboxylic acids is 1. The zero-order valence-electron chi connectivity index (χ0n) is 11.0. The van der Waals surface area contributed by atoms with E-state index in [9.17, 15) is 4.79 Å². The predicted octanol–water partition coefficient (Wildman–Crippen LogP) is 3.36. The molecule has 2 aromatic rings. The van der Waals surface area contributed by atoms with Gasteiger partial charge in [0.2, 0.25) is 0 Å². The number of halogens is 1. The maximum atomic E-state index is 11.8. The van der Waals surface area contributed by atoms with Gasteiger partial charge in [-0.15, -0.1) is 0 Å². The number of hydrogen-bond donors (Lipinski definition) is 2. The highest BCUT2D eigenvalue weighted by Crippen LogP contribution is 2.19. The van der Waals surface area contributed by atoms with Crippen LogP contribution in [0.15, 0.2) is 46.9 Å². The van der Waals surface area contributed by atoms with Crippen LogP contribution >= 0.6 is 15.9 Å². The van der Waals surface area contributed by atoms with Gasteiger partial charge in [0.15, 0.2) is 6.61 Å². The molecule has 0 saturated heterocycles. The van der Waals surface area contributed by atoms with Gasteiger partial charge in [-0.1, -0.05) is 28.1 Å². The Hall–Kier alpha value is -2.01. The third kappa shape index (κ3) is 3.99. The van der Waals surface area contributed by atoms with Gasteiger partial charge in [-0.25, -0.2) is 0 Å². The van der Waals surface area contributed by atoms with Crippen molar-refractivity contribution >= 4 is 33.2 Å². The van der Waals surface area contributed by atoms with Crippen LogP contribution in [-0.2, 0) is 4.79 Å². The molecule has 20 heavy (non-hydrogen) atoms. The van der Waals surface area contributed by atoms with Crippen molar-refractivity contribution in [2.24, 2.45) is 0 Å². The lowest BCUT2D eigenvalue weighted by atomic mass is 10.2. The van der Waals surface area contributed by atoms with Gasteiger partial charge in [0.1, 0.15) is 5.75 Å². The van der Waals surface area contributed by atoms with Crippen molar-refractivity contribution < 1.29 is 9.53 Å². The molecule has 104 valence electrons. The Kier molecular flexibility index (Phi) is 4.63. The van der Waals surface area contributed by atoms with Crippen LogP contribution in [0.3, 0.4) is 0 Å². The van der Waals surface area contributed by atoms with Crippen LogP contribution in [0.5, 0.6) is 5.75 Å². The topological polar surface area (TPSA) is 64.3 Å². The molecule has 2 rings (SSSR count). The van der Waals surface area contributed by atoms with E-state index >= 15 is 0 Å². The summed E-state index contributed by atoms with van der Waals surface area (Å²) in [5.74, 6) is 0.414. The van der Waals surface area contributed by atoms with Crippen LogP contribution in [0.1, 0.15) is 5.56 Å². The van der Waals surface area contributed by atoms with E-state index in [0.29, 0.717) is 17.1 Å². The monoisotopic (exact) mass is 334 g/mol. The molecule has 0 aliphatic heterocycles. The minimum atomic E-state index is -0.223. The van der Waals surface area contributed by atoms with Crippen LogP contribution in [0.2, 0.25) is 0 Å². The maximum absolute atomic E-state index is 11.8. The lowest BCUT2D eigenvalue weighted by molar-refractivity contribution is -0.118. The lowest BCUT2D eigenvalue weighted by Crippen LogP contribution is -2.20. The van der Waals surface area contributed by atoms with Gasteiger partial charge >= 0.3 is 0 Å². The van der Waals surface area contributed by atoms with E-state index in [1.165, 1.54) is 0 Å². The molecule has 0 atom stereocenters. The summed E-state index contributed by atoms with van der Waals surface area (Å²) in [5.41, 5.74) is 7.96. The van der Waals surface area contributed by atoms with Gasteiger partial charge in [0.05, 0.1) is 0 Å². The van der Waals surface area contributed by atoms with Gasteiger partial charge in [-0.05, 0) is 42.8 Å². The van der Waals surface area contributed by atoms with Gasteiger partial charge < -0.3 is 15.8 Å². The minimum absolute atomic E-state index is 0.0509. The molecule has 0 saturated carbocycles. The van der Waals surface area contributed by atoms with E-state index in [2.05, 4.69) is 21.2 Å². The Labute approximate surface area is 126 Å². The Morgan fingerprint density at radius 3 is 2.85 bits per heavy atom. The molecule has 0 spiro atoms. The van der Waals surface area contributed by atoms with Gasteiger partial charge in [-0.3, -0.25) is 4.79 Å². The second kappa shape index (κ2) is 6.43. The number of benzene rings is 2. The number of nitrogen functional groups attached to an aromatic ring is 1. The molecule has 1 amide bonds. The van der Waals surface area contributed by atoms with Gasteiger partial charge in [0.25, 0.3) is 5.91 Å².